The monoisotopic (exact) mass is 260 g/mol. The maximum atomic E-state index is 12.0. The summed E-state index contributed by atoms with van der Waals surface area (Å²) in [4.78, 5) is 15.9. The summed E-state index contributed by atoms with van der Waals surface area (Å²) < 4.78 is 0. The molecule has 1 amide bonds. The van der Waals surface area contributed by atoms with Crippen LogP contribution in [0.1, 0.15) is 42.6 Å². The van der Waals surface area contributed by atoms with E-state index in [0.29, 0.717) is 23.6 Å². The van der Waals surface area contributed by atoms with E-state index in [4.69, 9.17) is 5.11 Å². The van der Waals surface area contributed by atoms with Gasteiger partial charge in [-0.05, 0) is 12.0 Å². The number of carbonyl (C=O) groups excluding carboxylic acids is 1. The van der Waals surface area contributed by atoms with Crippen LogP contribution in [-0.4, -0.2) is 29.1 Å². The van der Waals surface area contributed by atoms with Crippen LogP contribution < -0.4 is 5.32 Å². The number of aromatic nitrogens is 1. The summed E-state index contributed by atoms with van der Waals surface area (Å²) in [5.41, 5.74) is 1.12. The standard InChI is InChI=1S/C15H20N2O2/c1-3-12(4-2)10-17-15(19)14-8-13(6-5-7-18)9-16-11-14/h8-9,11-12,18H,3-4,7,10H2,1-2H3,(H,17,19). The fourth-order valence-corrected chi connectivity index (χ4v) is 1.69. The predicted molar refractivity (Wildman–Crippen MR) is 74.6 cm³/mol. The molecule has 0 saturated heterocycles. The maximum Gasteiger partial charge on any atom is 0.252 e. The number of nitrogens with zero attached hydrogens (tertiary/aromatic N) is 1. The molecular formula is C15H20N2O2. The Balaban J connectivity index is 2.66. The molecule has 19 heavy (non-hydrogen) atoms. The smallest absolute Gasteiger partial charge is 0.252 e. The number of hydrogen-bond acceptors (Lipinski definition) is 3. The number of aliphatic hydroxyl groups is 1. The van der Waals surface area contributed by atoms with Crippen molar-refractivity contribution < 1.29 is 9.90 Å². The van der Waals surface area contributed by atoms with Gasteiger partial charge in [-0.3, -0.25) is 9.78 Å². The molecule has 0 radical (unpaired) electrons. The van der Waals surface area contributed by atoms with E-state index in [1.165, 1.54) is 6.20 Å². The molecule has 0 aliphatic carbocycles. The van der Waals surface area contributed by atoms with Crippen molar-refractivity contribution >= 4 is 5.91 Å². The molecule has 1 rings (SSSR count). The summed E-state index contributed by atoms with van der Waals surface area (Å²) in [6.45, 7) is 4.71. The minimum Gasteiger partial charge on any atom is -0.384 e. The van der Waals surface area contributed by atoms with Gasteiger partial charge in [-0.1, -0.05) is 38.5 Å². The second-order valence-corrected chi connectivity index (χ2v) is 4.31. The van der Waals surface area contributed by atoms with Crippen LogP contribution in [0.25, 0.3) is 0 Å². The average Bonchev–Trinajstić information content (AvgIpc) is 2.46. The highest BCUT2D eigenvalue weighted by molar-refractivity contribution is 5.94. The van der Waals surface area contributed by atoms with E-state index in [9.17, 15) is 4.79 Å². The fourth-order valence-electron chi connectivity index (χ4n) is 1.69. The van der Waals surface area contributed by atoms with E-state index >= 15 is 0 Å². The number of pyridine rings is 1. The Morgan fingerprint density at radius 1 is 1.42 bits per heavy atom. The Morgan fingerprint density at radius 3 is 2.79 bits per heavy atom. The first-order valence-electron chi connectivity index (χ1n) is 6.54. The van der Waals surface area contributed by atoms with Crippen molar-refractivity contribution in [3.8, 4) is 11.8 Å². The van der Waals surface area contributed by atoms with Crippen LogP contribution in [0, 0.1) is 17.8 Å². The molecule has 0 aliphatic heterocycles. The van der Waals surface area contributed by atoms with Crippen molar-refractivity contribution in [2.75, 3.05) is 13.2 Å². The van der Waals surface area contributed by atoms with Gasteiger partial charge in [0.05, 0.1) is 5.56 Å². The Bertz CT molecular complexity index is 471. The van der Waals surface area contributed by atoms with Crippen molar-refractivity contribution in [1.29, 1.82) is 0 Å². The number of carbonyl (C=O) groups is 1. The van der Waals surface area contributed by atoms with Gasteiger partial charge < -0.3 is 10.4 Å². The Labute approximate surface area is 114 Å². The van der Waals surface area contributed by atoms with E-state index in [2.05, 4.69) is 36.0 Å². The van der Waals surface area contributed by atoms with Crippen molar-refractivity contribution in [3.05, 3.63) is 29.6 Å². The summed E-state index contributed by atoms with van der Waals surface area (Å²) >= 11 is 0. The molecule has 0 unspecified atom stereocenters. The SMILES string of the molecule is CCC(CC)CNC(=O)c1cncc(C#CCO)c1. The zero-order chi connectivity index (χ0) is 14.1. The van der Waals surface area contributed by atoms with Gasteiger partial charge >= 0.3 is 0 Å². The minimum atomic E-state index is -0.203. The van der Waals surface area contributed by atoms with Gasteiger partial charge in [-0.2, -0.15) is 0 Å². The van der Waals surface area contributed by atoms with E-state index in [1.807, 2.05) is 0 Å². The Morgan fingerprint density at radius 2 is 2.16 bits per heavy atom. The first-order valence-corrected chi connectivity index (χ1v) is 6.54. The molecule has 0 bridgehead atoms. The lowest BCUT2D eigenvalue weighted by Crippen LogP contribution is -2.29. The van der Waals surface area contributed by atoms with E-state index in [-0.39, 0.29) is 12.5 Å². The molecular weight excluding hydrogens is 240 g/mol. The third kappa shape index (κ3) is 5.11. The molecule has 0 fully saturated rings. The highest BCUT2D eigenvalue weighted by Crippen LogP contribution is 2.06. The summed E-state index contributed by atoms with van der Waals surface area (Å²) in [6.07, 6.45) is 5.20. The van der Waals surface area contributed by atoms with Gasteiger partial charge in [0.15, 0.2) is 0 Å². The van der Waals surface area contributed by atoms with Crippen molar-refractivity contribution in [1.82, 2.24) is 10.3 Å². The molecule has 4 nitrogen and oxygen atoms in total. The first kappa shape index (κ1) is 15.2. The number of hydrogen-bond donors (Lipinski definition) is 2. The minimum absolute atomic E-state index is 0.132. The summed E-state index contributed by atoms with van der Waals surface area (Å²) in [5.74, 6) is 5.64. The highest BCUT2D eigenvalue weighted by atomic mass is 16.2. The number of nitrogens with one attached hydrogen (secondary N) is 1. The average molecular weight is 260 g/mol. The van der Waals surface area contributed by atoms with Gasteiger partial charge in [0.1, 0.15) is 6.61 Å². The second-order valence-electron chi connectivity index (χ2n) is 4.31. The summed E-state index contributed by atoms with van der Waals surface area (Å²) in [7, 11) is 0. The Hall–Kier alpha value is -1.86. The third-order valence-corrected chi connectivity index (χ3v) is 3.02. The molecule has 102 valence electrons. The van der Waals surface area contributed by atoms with Crippen LogP contribution >= 0.6 is 0 Å². The Kier molecular flexibility index (Phi) is 6.62. The number of amides is 1. The largest absolute Gasteiger partial charge is 0.384 e. The van der Waals surface area contributed by atoms with Gasteiger partial charge in [-0.15, -0.1) is 0 Å². The first-order chi connectivity index (χ1) is 9.21. The van der Waals surface area contributed by atoms with Crippen molar-refractivity contribution in [2.45, 2.75) is 26.7 Å². The molecule has 1 aromatic heterocycles. The molecule has 0 atom stereocenters. The van der Waals surface area contributed by atoms with E-state index < -0.39 is 0 Å². The predicted octanol–water partition coefficient (Wildman–Crippen LogP) is 1.59. The van der Waals surface area contributed by atoms with E-state index in [0.717, 1.165) is 12.8 Å². The lowest BCUT2D eigenvalue weighted by atomic mass is 10.0. The molecule has 4 heteroatoms. The number of aliphatic hydroxyl groups excluding tert-OH is 1. The number of rotatable bonds is 5. The fraction of sp³-hybridized carbons (Fsp3) is 0.467. The van der Waals surface area contributed by atoms with Crippen LogP contribution in [0.2, 0.25) is 0 Å². The molecule has 0 aliphatic rings. The van der Waals surface area contributed by atoms with E-state index in [1.54, 1.807) is 12.3 Å². The van der Waals surface area contributed by atoms with Gasteiger partial charge in [0, 0.05) is 24.5 Å². The van der Waals surface area contributed by atoms with Crippen LogP contribution in [0.5, 0.6) is 0 Å². The quantitative estimate of drug-likeness (QED) is 0.790. The zero-order valence-corrected chi connectivity index (χ0v) is 11.4. The van der Waals surface area contributed by atoms with Crippen LogP contribution in [0.3, 0.4) is 0 Å². The summed E-state index contributed by atoms with van der Waals surface area (Å²) in [6, 6.07) is 1.68. The second kappa shape index (κ2) is 8.28. The molecule has 0 spiro atoms. The van der Waals surface area contributed by atoms with Crippen LogP contribution in [0.15, 0.2) is 18.5 Å². The van der Waals surface area contributed by atoms with Gasteiger partial charge in [0.25, 0.3) is 5.91 Å². The normalized spacial score (nSPS) is 9.89. The highest BCUT2D eigenvalue weighted by Gasteiger charge is 2.09. The van der Waals surface area contributed by atoms with Crippen molar-refractivity contribution in [2.24, 2.45) is 5.92 Å². The van der Waals surface area contributed by atoms with Crippen LogP contribution in [0.4, 0.5) is 0 Å². The van der Waals surface area contributed by atoms with Gasteiger partial charge in [-0.25, -0.2) is 0 Å². The molecule has 1 heterocycles. The third-order valence-electron chi connectivity index (χ3n) is 3.02. The molecule has 0 saturated carbocycles. The lowest BCUT2D eigenvalue weighted by molar-refractivity contribution is 0.0946. The zero-order valence-electron chi connectivity index (χ0n) is 11.4. The molecule has 2 N–H and O–H groups in total. The molecule has 1 aromatic rings. The topological polar surface area (TPSA) is 62.2 Å². The van der Waals surface area contributed by atoms with Crippen LogP contribution in [-0.2, 0) is 0 Å². The maximum absolute atomic E-state index is 12.0. The summed E-state index contributed by atoms with van der Waals surface area (Å²) in [5, 5.41) is 11.5. The van der Waals surface area contributed by atoms with Gasteiger partial charge in [0.2, 0.25) is 0 Å². The molecule has 0 aromatic carbocycles. The lowest BCUT2D eigenvalue weighted by Gasteiger charge is -2.13. The van der Waals surface area contributed by atoms with Crippen molar-refractivity contribution in [3.63, 3.8) is 0 Å².